The first kappa shape index (κ1) is 23.3. The van der Waals surface area contributed by atoms with Gasteiger partial charge in [0.1, 0.15) is 12.1 Å². The molecule has 29 heavy (non-hydrogen) atoms. The maximum Gasteiger partial charge on any atom is 0.336 e. The molecular weight excluding hydrogens is 376 g/mol. The molecule has 2 amide bonds. The highest BCUT2D eigenvalue weighted by molar-refractivity contribution is 5.96. The third kappa shape index (κ3) is 5.14. The van der Waals surface area contributed by atoms with E-state index in [0.717, 1.165) is 0 Å². The van der Waals surface area contributed by atoms with Crippen molar-refractivity contribution in [1.29, 1.82) is 0 Å². The minimum absolute atomic E-state index is 0.0652. The topological polar surface area (TPSA) is 136 Å². The number of carbonyl (C=O) groups excluding carboxylic acids is 4. The lowest BCUT2D eigenvalue weighted by atomic mass is 10.0. The van der Waals surface area contributed by atoms with Crippen LogP contribution in [0.1, 0.15) is 53.4 Å². The fourth-order valence-electron chi connectivity index (χ4n) is 3.74. The van der Waals surface area contributed by atoms with E-state index in [0.29, 0.717) is 38.8 Å². The summed E-state index contributed by atoms with van der Waals surface area (Å²) in [6.45, 7) is 8.16. The Morgan fingerprint density at radius 3 is 1.41 bits per heavy atom. The Kier molecular flexibility index (Phi) is 7.76. The molecule has 9 nitrogen and oxygen atoms in total. The van der Waals surface area contributed by atoms with Gasteiger partial charge in [-0.05, 0) is 37.5 Å². The fourth-order valence-corrected chi connectivity index (χ4v) is 3.74. The molecule has 2 aliphatic heterocycles. The molecule has 2 rings (SSSR count). The van der Waals surface area contributed by atoms with Crippen LogP contribution in [0.2, 0.25) is 0 Å². The predicted octanol–water partition coefficient (Wildman–Crippen LogP) is 0.00480. The Bertz CT molecular complexity index is 597. The van der Waals surface area contributed by atoms with Crippen LogP contribution in [0.15, 0.2) is 0 Å². The van der Waals surface area contributed by atoms with Gasteiger partial charge in [-0.2, -0.15) is 0 Å². The Morgan fingerprint density at radius 2 is 1.10 bits per heavy atom. The van der Waals surface area contributed by atoms with Crippen LogP contribution in [-0.2, 0) is 23.9 Å². The van der Waals surface area contributed by atoms with Gasteiger partial charge in [-0.15, -0.1) is 0 Å². The summed E-state index contributed by atoms with van der Waals surface area (Å²) in [6, 6.07) is -3.06. The SMILES string of the molecule is CC(C)[C@H](N)C(=O)N1CCC[C@H]1C(=O)OC(=O)[C@@H]1CCCN1C(=O)[C@@H](N)C(C)C. The zero-order valence-electron chi connectivity index (χ0n) is 17.8. The third-order valence-corrected chi connectivity index (χ3v) is 5.82. The van der Waals surface area contributed by atoms with E-state index in [2.05, 4.69) is 0 Å². The summed E-state index contributed by atoms with van der Waals surface area (Å²) in [5.74, 6) is -2.28. The van der Waals surface area contributed by atoms with E-state index in [1.54, 1.807) is 0 Å². The van der Waals surface area contributed by atoms with E-state index in [4.69, 9.17) is 16.2 Å². The van der Waals surface area contributed by atoms with Gasteiger partial charge in [0.05, 0.1) is 12.1 Å². The molecule has 0 spiro atoms. The maximum atomic E-state index is 12.6. The van der Waals surface area contributed by atoms with Gasteiger partial charge in [-0.1, -0.05) is 27.7 Å². The molecule has 2 heterocycles. The van der Waals surface area contributed by atoms with E-state index in [1.165, 1.54) is 9.80 Å². The van der Waals surface area contributed by atoms with Gasteiger partial charge in [0.15, 0.2) is 0 Å². The number of hydrogen-bond donors (Lipinski definition) is 2. The van der Waals surface area contributed by atoms with Crippen LogP contribution in [0.5, 0.6) is 0 Å². The molecule has 0 unspecified atom stereocenters. The summed E-state index contributed by atoms with van der Waals surface area (Å²) in [4.78, 5) is 53.2. The van der Waals surface area contributed by atoms with Crippen molar-refractivity contribution in [3.8, 4) is 0 Å². The van der Waals surface area contributed by atoms with Crippen molar-refractivity contribution in [3.63, 3.8) is 0 Å². The highest BCUT2D eigenvalue weighted by Crippen LogP contribution is 2.24. The zero-order chi connectivity index (χ0) is 21.9. The second-order valence-corrected chi connectivity index (χ2v) is 8.66. The van der Waals surface area contributed by atoms with Crippen molar-refractivity contribution >= 4 is 23.8 Å². The molecule has 164 valence electrons. The average Bonchev–Trinajstić information content (AvgIpc) is 3.34. The number of hydrogen-bond acceptors (Lipinski definition) is 7. The first-order valence-corrected chi connectivity index (χ1v) is 10.4. The number of rotatable bonds is 6. The molecule has 9 heteroatoms. The summed E-state index contributed by atoms with van der Waals surface area (Å²) in [7, 11) is 0. The van der Waals surface area contributed by atoms with Gasteiger partial charge in [0.2, 0.25) is 11.8 Å². The highest BCUT2D eigenvalue weighted by atomic mass is 16.6. The number of nitrogens with zero attached hydrogens (tertiary/aromatic N) is 2. The maximum absolute atomic E-state index is 12.6. The molecule has 0 aromatic rings. The van der Waals surface area contributed by atoms with Crippen LogP contribution < -0.4 is 11.5 Å². The molecule has 2 aliphatic rings. The van der Waals surface area contributed by atoms with E-state index in [9.17, 15) is 19.2 Å². The first-order valence-electron chi connectivity index (χ1n) is 10.4. The molecule has 0 aromatic carbocycles. The summed E-state index contributed by atoms with van der Waals surface area (Å²) >= 11 is 0. The van der Waals surface area contributed by atoms with Crippen molar-refractivity contribution in [2.24, 2.45) is 23.3 Å². The minimum Gasteiger partial charge on any atom is -0.390 e. The summed E-state index contributed by atoms with van der Waals surface area (Å²) in [5, 5.41) is 0. The number of ether oxygens (including phenoxy) is 1. The summed E-state index contributed by atoms with van der Waals surface area (Å²) in [6.07, 6.45) is 2.13. The molecule has 0 bridgehead atoms. The number of likely N-dealkylation sites (tertiary alicyclic amines) is 2. The monoisotopic (exact) mass is 410 g/mol. The molecular formula is C20H34N4O5. The van der Waals surface area contributed by atoms with Crippen molar-refractivity contribution in [1.82, 2.24) is 9.80 Å². The Labute approximate surface area is 172 Å². The van der Waals surface area contributed by atoms with Crippen LogP contribution >= 0.6 is 0 Å². The Hall–Kier alpha value is -2.00. The normalized spacial score (nSPS) is 24.1. The molecule has 4 atom stereocenters. The van der Waals surface area contributed by atoms with Crippen molar-refractivity contribution < 1.29 is 23.9 Å². The lowest BCUT2D eigenvalue weighted by Gasteiger charge is -2.29. The second kappa shape index (κ2) is 9.67. The number of esters is 2. The minimum atomic E-state index is -0.820. The van der Waals surface area contributed by atoms with Gasteiger partial charge < -0.3 is 26.0 Å². The molecule has 2 saturated heterocycles. The second-order valence-electron chi connectivity index (χ2n) is 8.66. The summed E-state index contributed by atoms with van der Waals surface area (Å²) in [5.41, 5.74) is 11.9. The molecule has 0 aliphatic carbocycles. The summed E-state index contributed by atoms with van der Waals surface area (Å²) < 4.78 is 5.11. The van der Waals surface area contributed by atoms with Gasteiger partial charge in [0.25, 0.3) is 0 Å². The molecule has 0 saturated carbocycles. The van der Waals surface area contributed by atoms with Crippen molar-refractivity contribution in [2.75, 3.05) is 13.1 Å². The van der Waals surface area contributed by atoms with E-state index in [1.807, 2.05) is 27.7 Å². The van der Waals surface area contributed by atoms with Crippen LogP contribution in [0.25, 0.3) is 0 Å². The van der Waals surface area contributed by atoms with E-state index >= 15 is 0 Å². The van der Waals surface area contributed by atoms with Gasteiger partial charge in [0, 0.05) is 13.1 Å². The van der Waals surface area contributed by atoms with Crippen LogP contribution in [0.3, 0.4) is 0 Å². The lowest BCUT2D eigenvalue weighted by Crippen LogP contribution is -2.53. The number of carbonyl (C=O) groups is 4. The Morgan fingerprint density at radius 1 is 0.759 bits per heavy atom. The highest BCUT2D eigenvalue weighted by Gasteiger charge is 2.42. The lowest BCUT2D eigenvalue weighted by molar-refractivity contribution is -0.169. The Balaban J connectivity index is 2.03. The van der Waals surface area contributed by atoms with Gasteiger partial charge in [-0.25, -0.2) is 9.59 Å². The van der Waals surface area contributed by atoms with Crippen molar-refractivity contribution in [3.05, 3.63) is 0 Å². The van der Waals surface area contributed by atoms with Crippen LogP contribution in [0, 0.1) is 11.8 Å². The predicted molar refractivity (Wildman–Crippen MR) is 106 cm³/mol. The molecule has 2 fully saturated rings. The van der Waals surface area contributed by atoms with Crippen LogP contribution in [0.4, 0.5) is 0 Å². The zero-order valence-corrected chi connectivity index (χ0v) is 17.8. The van der Waals surface area contributed by atoms with Gasteiger partial charge in [-0.3, -0.25) is 9.59 Å². The quantitative estimate of drug-likeness (QED) is 0.465. The number of nitrogens with two attached hydrogens (primary N) is 2. The molecule has 0 radical (unpaired) electrons. The van der Waals surface area contributed by atoms with E-state index < -0.39 is 36.1 Å². The average molecular weight is 411 g/mol. The largest absolute Gasteiger partial charge is 0.390 e. The first-order chi connectivity index (χ1) is 13.6. The smallest absolute Gasteiger partial charge is 0.336 e. The van der Waals surface area contributed by atoms with Crippen molar-refractivity contribution in [2.45, 2.75) is 77.5 Å². The van der Waals surface area contributed by atoms with Gasteiger partial charge >= 0.3 is 11.9 Å². The molecule has 4 N–H and O–H groups in total. The molecule has 0 aromatic heterocycles. The standard InChI is InChI=1S/C20H34N4O5/c1-11(2)15(21)17(25)23-9-5-7-13(23)19(27)29-20(28)14-8-6-10-24(14)18(26)16(22)12(3)4/h11-16H,5-10,21-22H2,1-4H3/t13-,14-,15-,16-/m0/s1. The van der Waals surface area contributed by atoms with E-state index in [-0.39, 0.29) is 23.7 Å². The fraction of sp³-hybridized carbons (Fsp3) is 0.800. The number of amides is 2. The van der Waals surface area contributed by atoms with Crippen LogP contribution in [-0.4, -0.2) is 70.8 Å². The third-order valence-electron chi connectivity index (χ3n) is 5.82.